The zero-order chi connectivity index (χ0) is 44.2. The number of aromatic hydroxyl groups is 1. The van der Waals surface area contributed by atoms with Gasteiger partial charge in [0, 0.05) is 41.0 Å². The Balaban J connectivity index is 1.27. The first-order chi connectivity index (χ1) is 28.3. The molecule has 11 N–H and O–H groups in total. The fraction of sp³-hybridized carbons (Fsp3) is 0.486. The van der Waals surface area contributed by atoms with E-state index in [-0.39, 0.29) is 58.1 Å². The molecule has 2 aromatic carbocycles. The Bertz CT molecular complexity index is 2050. The molecule has 9 atom stereocenters. The van der Waals surface area contributed by atoms with E-state index in [2.05, 4.69) is 10.6 Å². The fourth-order valence-corrected chi connectivity index (χ4v) is 9.06. The quantitative estimate of drug-likeness (QED) is 0.0592. The number of fused-ring (bicyclic) bond motifs is 3. The number of phenols is 1. The van der Waals surface area contributed by atoms with Gasteiger partial charge in [-0.15, -0.1) is 0 Å². The van der Waals surface area contributed by atoms with Crippen molar-refractivity contribution in [3.8, 4) is 11.5 Å². The Morgan fingerprint density at radius 2 is 1.78 bits per heavy atom. The van der Waals surface area contributed by atoms with Crippen LogP contribution in [0.15, 0.2) is 24.3 Å². The van der Waals surface area contributed by atoms with Crippen molar-refractivity contribution < 1.29 is 88.3 Å². The van der Waals surface area contributed by atoms with Crippen LogP contribution >= 0.6 is 21.6 Å². The number of carboxylic acid groups (broad SMARTS) is 2. The van der Waals surface area contributed by atoms with Crippen molar-refractivity contribution in [3.63, 3.8) is 0 Å². The van der Waals surface area contributed by atoms with Gasteiger partial charge in [-0.3, -0.25) is 24.0 Å². The van der Waals surface area contributed by atoms with Gasteiger partial charge < -0.3 is 71.1 Å². The smallest absolute Gasteiger partial charge is 0.407 e. The number of ether oxygens (including phenoxy) is 4. The number of methoxy groups -OCH3 is 1. The highest BCUT2D eigenvalue weighted by Crippen LogP contribution is 2.52. The molecule has 2 aromatic rings. The number of amides is 2. The van der Waals surface area contributed by atoms with Gasteiger partial charge in [0.1, 0.15) is 43.0 Å². The maximum absolute atomic E-state index is 13.9. The van der Waals surface area contributed by atoms with Gasteiger partial charge in [0.05, 0.1) is 48.9 Å². The molecular weight excluding hydrogens is 839 g/mol. The van der Waals surface area contributed by atoms with Gasteiger partial charge in [0.25, 0.3) is 0 Å². The van der Waals surface area contributed by atoms with Gasteiger partial charge in [0.2, 0.25) is 11.7 Å². The lowest BCUT2D eigenvalue weighted by Crippen LogP contribution is -2.56. The molecule has 2 amide bonds. The molecule has 5 unspecified atom stereocenters. The van der Waals surface area contributed by atoms with Crippen molar-refractivity contribution in [2.45, 2.75) is 80.6 Å². The first-order valence-electron chi connectivity index (χ1n) is 18.2. The van der Waals surface area contributed by atoms with Crippen LogP contribution in [0.5, 0.6) is 11.5 Å². The number of Topliss-reactive ketones (excluding diaryl/α,β-unsaturated/α-hetero) is 1. The van der Waals surface area contributed by atoms with Crippen LogP contribution in [-0.4, -0.2) is 151 Å². The first-order valence-corrected chi connectivity index (χ1v) is 20.7. The minimum absolute atomic E-state index is 0.0525. The van der Waals surface area contributed by atoms with Gasteiger partial charge in [0.15, 0.2) is 23.5 Å². The van der Waals surface area contributed by atoms with E-state index < -0.39 is 126 Å². The predicted molar refractivity (Wildman–Crippen MR) is 206 cm³/mol. The van der Waals surface area contributed by atoms with E-state index in [0.29, 0.717) is 0 Å². The average molecular weight is 882 g/mol. The van der Waals surface area contributed by atoms with Crippen molar-refractivity contribution in [3.05, 3.63) is 57.6 Å². The number of aliphatic hydroxyl groups is 4. The summed E-state index contributed by atoms with van der Waals surface area (Å²) in [5.74, 6) is -7.13. The van der Waals surface area contributed by atoms with Crippen molar-refractivity contribution in [2.24, 2.45) is 5.73 Å². The standard InChI is InChI=1S/C37H43N3O18S2/c1-14-29(45)19(40-36(53)56-6-7-59-60-13-20(35(51)52)39-34(50)18(38)9-24(43)44)10-25(57-14)58-22-11-37(54,23(42)12-41)33(49)17-8-16-28(32(48)27(17)22)31(47)26-15(30(16)46)4-3-5-21(26)55-2/h3-5,8,14,18-20,22,25,29,33,41,45,48-49,54H,6-7,9-13,38H2,1-2H3,(H,39,50)(H,40,53)(H,43,44)(H,51,52)/t14?,18-,19?,20-,22-,25?,29?,33?,37-/m0/s1. The van der Waals surface area contributed by atoms with Gasteiger partial charge in [-0.1, -0.05) is 33.7 Å². The molecule has 1 heterocycles. The van der Waals surface area contributed by atoms with E-state index in [4.69, 9.17) is 29.8 Å². The Labute approximate surface area is 348 Å². The topological polar surface area (TPSA) is 348 Å². The summed E-state index contributed by atoms with van der Waals surface area (Å²) in [6, 6.07) is 1.45. The molecule has 1 fully saturated rings. The SMILES string of the molecule is COc1cccc2c1C(=O)c1c(cc3c(c1O)[C@@H](OC1CC(NC(=O)OCCSSC[C@H](NC(=O)[C@@H](N)CC(=O)O)C(=O)O)C(O)C(C)O1)C[C@](O)(C(=O)CO)C3O)C2=O. The molecule has 326 valence electrons. The Hall–Kier alpha value is -4.85. The largest absolute Gasteiger partial charge is 0.507 e. The van der Waals surface area contributed by atoms with Gasteiger partial charge in [-0.05, 0) is 24.6 Å². The number of ketones is 3. The van der Waals surface area contributed by atoms with Crippen LogP contribution in [0, 0.1) is 0 Å². The van der Waals surface area contributed by atoms with Crippen LogP contribution < -0.4 is 21.1 Å². The molecule has 1 saturated heterocycles. The number of aliphatic hydroxyl groups excluding tert-OH is 3. The number of phenolic OH excluding ortho intramolecular Hbond substituents is 1. The second kappa shape index (κ2) is 19.2. The van der Waals surface area contributed by atoms with Gasteiger partial charge in [-0.2, -0.15) is 0 Å². The lowest BCUT2D eigenvalue weighted by atomic mass is 9.71. The summed E-state index contributed by atoms with van der Waals surface area (Å²) in [5.41, 5.74) is 1.17. The third kappa shape index (κ3) is 9.53. The van der Waals surface area contributed by atoms with Crippen molar-refractivity contribution >= 4 is 62.9 Å². The molecule has 0 aromatic heterocycles. The Morgan fingerprint density at radius 3 is 2.43 bits per heavy atom. The number of hydrogen-bond donors (Lipinski definition) is 10. The maximum Gasteiger partial charge on any atom is 0.407 e. The van der Waals surface area contributed by atoms with Crippen LogP contribution in [0.25, 0.3) is 0 Å². The predicted octanol–water partition coefficient (Wildman–Crippen LogP) is -0.693. The number of nitrogens with two attached hydrogens (primary N) is 1. The fourth-order valence-electron chi connectivity index (χ4n) is 7.08. The number of aliphatic carboxylic acids is 2. The highest BCUT2D eigenvalue weighted by Gasteiger charge is 2.53. The van der Waals surface area contributed by atoms with E-state index in [1.807, 2.05) is 0 Å². The molecule has 5 rings (SSSR count). The zero-order valence-electron chi connectivity index (χ0n) is 31.9. The second-order valence-corrected chi connectivity index (χ2v) is 16.6. The Morgan fingerprint density at radius 1 is 1.07 bits per heavy atom. The first kappa shape index (κ1) is 46.2. The molecule has 3 aliphatic rings. The summed E-state index contributed by atoms with van der Waals surface area (Å²) in [7, 11) is 3.41. The molecule has 21 nitrogen and oxygen atoms in total. The van der Waals surface area contributed by atoms with Crippen molar-refractivity contribution in [1.29, 1.82) is 0 Å². The van der Waals surface area contributed by atoms with Crippen LogP contribution in [0.3, 0.4) is 0 Å². The molecule has 0 radical (unpaired) electrons. The maximum atomic E-state index is 13.9. The van der Waals surface area contributed by atoms with Gasteiger partial charge >= 0.3 is 18.0 Å². The molecule has 2 aliphatic carbocycles. The summed E-state index contributed by atoms with van der Waals surface area (Å²) in [4.78, 5) is 87.7. The van der Waals surface area contributed by atoms with E-state index in [1.165, 1.54) is 32.2 Å². The van der Waals surface area contributed by atoms with Crippen molar-refractivity contribution in [2.75, 3.05) is 31.8 Å². The van der Waals surface area contributed by atoms with E-state index in [9.17, 15) is 64.2 Å². The van der Waals surface area contributed by atoms with E-state index >= 15 is 0 Å². The molecule has 0 spiro atoms. The van der Waals surface area contributed by atoms with E-state index in [1.54, 1.807) is 0 Å². The monoisotopic (exact) mass is 881 g/mol. The number of carboxylic acids is 2. The normalized spacial score (nSPS) is 25.4. The molecule has 0 saturated carbocycles. The Kier molecular flexibility index (Phi) is 14.8. The number of alkyl carbamates (subject to hydrolysis) is 1. The highest BCUT2D eigenvalue weighted by molar-refractivity contribution is 8.76. The average Bonchev–Trinajstić information content (AvgIpc) is 3.20. The third-order valence-corrected chi connectivity index (χ3v) is 12.5. The lowest BCUT2D eigenvalue weighted by molar-refractivity contribution is -0.253. The number of carbonyl (C=O) groups excluding carboxylic acids is 5. The summed E-state index contributed by atoms with van der Waals surface area (Å²) in [5, 5.41) is 78.1. The lowest BCUT2D eigenvalue weighted by Gasteiger charge is -2.44. The minimum atomic E-state index is -2.72. The highest BCUT2D eigenvalue weighted by atomic mass is 33.1. The third-order valence-electron chi connectivity index (χ3n) is 10.1. The summed E-state index contributed by atoms with van der Waals surface area (Å²) in [6.45, 7) is 0.0532. The minimum Gasteiger partial charge on any atom is -0.507 e. The molecule has 60 heavy (non-hydrogen) atoms. The van der Waals surface area contributed by atoms with Crippen LogP contribution in [0.2, 0.25) is 0 Å². The number of nitrogens with one attached hydrogen (secondary N) is 2. The summed E-state index contributed by atoms with van der Waals surface area (Å²) >= 11 is 0. The van der Waals surface area contributed by atoms with Gasteiger partial charge in [-0.25, -0.2) is 9.59 Å². The second-order valence-electron chi connectivity index (χ2n) is 14.0. The molecule has 23 heteroatoms. The number of rotatable bonds is 17. The van der Waals surface area contributed by atoms with Crippen LogP contribution in [-0.2, 0) is 33.4 Å². The van der Waals surface area contributed by atoms with E-state index in [0.717, 1.165) is 27.7 Å². The zero-order valence-corrected chi connectivity index (χ0v) is 33.5. The number of carbonyl (C=O) groups is 7. The summed E-state index contributed by atoms with van der Waals surface area (Å²) in [6.07, 6.45) is -10.1. The number of benzene rings is 2. The molecule has 0 bridgehead atoms. The number of hydrogen-bond acceptors (Lipinski definition) is 19. The molecular formula is C37H43N3O18S2. The van der Waals surface area contributed by atoms with Crippen molar-refractivity contribution in [1.82, 2.24) is 10.6 Å². The van der Waals surface area contributed by atoms with Crippen LogP contribution in [0.1, 0.15) is 81.4 Å². The summed E-state index contributed by atoms with van der Waals surface area (Å²) < 4.78 is 22.5. The van der Waals surface area contributed by atoms with Crippen LogP contribution in [0.4, 0.5) is 4.79 Å². The molecule has 1 aliphatic heterocycles.